The maximum atomic E-state index is 15.5. The van der Waals surface area contributed by atoms with Gasteiger partial charge in [0.2, 0.25) is 0 Å². The van der Waals surface area contributed by atoms with E-state index in [9.17, 15) is 9.59 Å². The molecule has 0 atom stereocenters. The number of nitrogens with zero attached hydrogens (tertiary/aromatic N) is 5. The molecule has 4 heterocycles. The quantitative estimate of drug-likeness (QED) is 0.447. The first kappa shape index (κ1) is 22.7. The van der Waals surface area contributed by atoms with Gasteiger partial charge in [0.25, 0.3) is 11.5 Å². The average molecular weight is 490 g/mol. The fourth-order valence-electron chi connectivity index (χ4n) is 5.12. The zero-order valence-electron chi connectivity index (χ0n) is 20.3. The van der Waals surface area contributed by atoms with Crippen LogP contribution in [0.15, 0.2) is 35.3 Å². The zero-order chi connectivity index (χ0) is 25.0. The molecule has 2 fully saturated rings. The van der Waals surface area contributed by atoms with Gasteiger partial charge >= 0.3 is 0 Å². The Kier molecular flexibility index (Phi) is 5.48. The number of aromatic nitrogens is 4. The summed E-state index contributed by atoms with van der Waals surface area (Å²) in [5.41, 5.74) is 4.68. The van der Waals surface area contributed by atoms with Gasteiger partial charge in [-0.05, 0) is 38.0 Å². The largest absolute Gasteiger partial charge is 0.367 e. The number of anilines is 1. The summed E-state index contributed by atoms with van der Waals surface area (Å²) in [6, 6.07) is 7.40. The number of hydrogen-bond donors (Lipinski definition) is 2. The van der Waals surface area contributed by atoms with Crippen LogP contribution >= 0.6 is 0 Å². The average Bonchev–Trinajstić information content (AvgIpc) is 3.67. The summed E-state index contributed by atoms with van der Waals surface area (Å²) in [6.07, 6.45) is 3.82. The summed E-state index contributed by atoms with van der Waals surface area (Å²) in [7, 11) is 1.61. The molecule has 1 saturated heterocycles. The van der Waals surface area contributed by atoms with E-state index in [1.54, 1.807) is 25.4 Å². The lowest BCUT2D eigenvalue weighted by molar-refractivity contribution is 0.0958. The lowest BCUT2D eigenvalue weighted by Crippen LogP contribution is -2.46. The Labute approximate surface area is 206 Å². The highest BCUT2D eigenvalue weighted by atomic mass is 19.1. The molecule has 2 N–H and O–H groups in total. The van der Waals surface area contributed by atoms with Crippen molar-refractivity contribution in [1.82, 2.24) is 29.8 Å². The minimum atomic E-state index is -0.410. The molecule has 1 amide bonds. The number of H-pyrrole nitrogens is 1. The van der Waals surface area contributed by atoms with E-state index in [-0.39, 0.29) is 17.0 Å². The van der Waals surface area contributed by atoms with Crippen molar-refractivity contribution in [3.8, 4) is 0 Å². The van der Waals surface area contributed by atoms with Crippen LogP contribution in [-0.2, 0) is 6.54 Å². The van der Waals surface area contributed by atoms with Crippen molar-refractivity contribution < 1.29 is 9.18 Å². The lowest BCUT2D eigenvalue weighted by atomic mass is 10.1. The van der Waals surface area contributed by atoms with Crippen molar-refractivity contribution in [3.05, 3.63) is 69.1 Å². The van der Waals surface area contributed by atoms with Crippen molar-refractivity contribution in [1.29, 1.82) is 0 Å². The van der Waals surface area contributed by atoms with Gasteiger partial charge in [0.15, 0.2) is 5.82 Å². The van der Waals surface area contributed by atoms with Crippen LogP contribution in [0.1, 0.15) is 46.1 Å². The van der Waals surface area contributed by atoms with Crippen LogP contribution in [0.3, 0.4) is 0 Å². The van der Waals surface area contributed by atoms with E-state index in [1.807, 2.05) is 19.1 Å². The Morgan fingerprint density at radius 1 is 1.17 bits per heavy atom. The highest BCUT2D eigenvalue weighted by Gasteiger charge is 2.31. The van der Waals surface area contributed by atoms with E-state index in [4.69, 9.17) is 0 Å². The molecule has 0 spiro atoms. The number of piperazine rings is 1. The fourth-order valence-corrected chi connectivity index (χ4v) is 5.12. The maximum absolute atomic E-state index is 15.5. The van der Waals surface area contributed by atoms with E-state index in [2.05, 4.69) is 30.2 Å². The van der Waals surface area contributed by atoms with Crippen LogP contribution in [0.5, 0.6) is 0 Å². The molecule has 1 aliphatic heterocycles. The molecule has 4 aromatic rings. The molecule has 3 aromatic heterocycles. The smallest absolute Gasteiger partial charge is 0.274 e. The Hall–Kier alpha value is -3.79. The number of pyridine rings is 1. The van der Waals surface area contributed by atoms with Crippen molar-refractivity contribution in [2.45, 2.75) is 32.2 Å². The molecule has 10 heteroatoms. The number of aryl methyl sites for hydroxylation is 1. The van der Waals surface area contributed by atoms with Crippen LogP contribution in [-0.4, -0.2) is 63.6 Å². The molecular formula is C26H28FN7O2. The topological polar surface area (TPSA) is 98.6 Å². The van der Waals surface area contributed by atoms with Gasteiger partial charge in [-0.2, -0.15) is 5.10 Å². The first-order chi connectivity index (χ1) is 17.4. The van der Waals surface area contributed by atoms with E-state index < -0.39 is 5.82 Å². The molecule has 1 aliphatic carbocycles. The molecule has 0 bridgehead atoms. The first-order valence-corrected chi connectivity index (χ1v) is 12.3. The summed E-state index contributed by atoms with van der Waals surface area (Å²) in [4.78, 5) is 36.5. The van der Waals surface area contributed by atoms with Crippen LogP contribution in [0, 0.1) is 12.7 Å². The minimum absolute atomic E-state index is 0.171. The van der Waals surface area contributed by atoms with Gasteiger partial charge in [0.05, 0.1) is 23.1 Å². The van der Waals surface area contributed by atoms with Crippen molar-refractivity contribution >= 4 is 28.1 Å². The predicted molar refractivity (Wildman–Crippen MR) is 135 cm³/mol. The molecule has 0 unspecified atom stereocenters. The van der Waals surface area contributed by atoms with Gasteiger partial charge in [0.1, 0.15) is 16.7 Å². The number of carbonyl (C=O) groups is 1. The number of amides is 1. The number of halogens is 1. The molecule has 186 valence electrons. The van der Waals surface area contributed by atoms with Gasteiger partial charge in [-0.1, -0.05) is 6.07 Å². The molecule has 36 heavy (non-hydrogen) atoms. The molecule has 9 nitrogen and oxygen atoms in total. The van der Waals surface area contributed by atoms with Gasteiger partial charge in [0, 0.05) is 56.8 Å². The second-order valence-corrected chi connectivity index (χ2v) is 9.69. The number of aromatic amines is 1. The molecule has 2 aliphatic rings. The summed E-state index contributed by atoms with van der Waals surface area (Å²) in [5, 5.41) is 6.91. The monoisotopic (exact) mass is 489 g/mol. The highest BCUT2D eigenvalue weighted by molar-refractivity contribution is 5.92. The van der Waals surface area contributed by atoms with Gasteiger partial charge in [-0.15, -0.1) is 0 Å². The summed E-state index contributed by atoms with van der Waals surface area (Å²) < 4.78 is 17.0. The molecule has 6 rings (SSSR count). The number of nitrogens with one attached hydrogen (secondary N) is 2. The van der Waals surface area contributed by atoms with Crippen LogP contribution in [0.2, 0.25) is 0 Å². The molecule has 1 saturated carbocycles. The zero-order valence-corrected chi connectivity index (χ0v) is 20.3. The third-order valence-corrected chi connectivity index (χ3v) is 7.27. The van der Waals surface area contributed by atoms with Crippen molar-refractivity contribution in [2.75, 3.05) is 38.1 Å². The van der Waals surface area contributed by atoms with E-state index >= 15 is 4.39 Å². The minimum Gasteiger partial charge on any atom is -0.367 e. The summed E-state index contributed by atoms with van der Waals surface area (Å²) in [5.74, 6) is -0.163. The van der Waals surface area contributed by atoms with E-state index in [1.165, 1.54) is 4.52 Å². The fraction of sp³-hybridized carbons (Fsp3) is 0.385. The third-order valence-electron chi connectivity index (χ3n) is 7.27. The Morgan fingerprint density at radius 2 is 1.94 bits per heavy atom. The second kappa shape index (κ2) is 8.70. The van der Waals surface area contributed by atoms with Gasteiger partial charge in [-0.3, -0.25) is 14.5 Å². The molecular weight excluding hydrogens is 461 g/mol. The summed E-state index contributed by atoms with van der Waals surface area (Å²) >= 11 is 0. The lowest BCUT2D eigenvalue weighted by Gasteiger charge is -2.37. The maximum Gasteiger partial charge on any atom is 0.274 e. The highest BCUT2D eigenvalue weighted by Crippen LogP contribution is 2.43. The number of benzene rings is 1. The van der Waals surface area contributed by atoms with E-state index in [0.29, 0.717) is 34.8 Å². The Morgan fingerprint density at radius 3 is 2.67 bits per heavy atom. The van der Waals surface area contributed by atoms with Crippen LogP contribution < -0.4 is 15.8 Å². The number of hydrogen-bond acceptors (Lipinski definition) is 6. The standard InChI is InChI=1S/C26H28FN7O2/c1-15-13-29-34-20-7-5-17(21(27)23(20)31-26(36)24(15)34)14-32-9-11-33(12-10-32)19-8-6-18(25(35)28-2)30-22(19)16-3-4-16/h5-8,13,16H,3-4,9-12,14H2,1-2H3,(H,28,35)(H,31,36). The van der Waals surface area contributed by atoms with Crippen LogP contribution in [0.25, 0.3) is 16.6 Å². The summed E-state index contributed by atoms with van der Waals surface area (Å²) in [6.45, 7) is 5.39. The van der Waals surface area contributed by atoms with Crippen molar-refractivity contribution in [3.63, 3.8) is 0 Å². The first-order valence-electron chi connectivity index (χ1n) is 12.3. The van der Waals surface area contributed by atoms with E-state index in [0.717, 1.165) is 56.0 Å². The number of rotatable bonds is 5. The van der Waals surface area contributed by atoms with Crippen molar-refractivity contribution in [2.24, 2.45) is 0 Å². The molecule has 1 aromatic carbocycles. The Bertz CT molecular complexity index is 1550. The second-order valence-electron chi connectivity index (χ2n) is 9.69. The number of fused-ring (bicyclic) bond motifs is 3. The number of carbonyl (C=O) groups excluding carboxylic acids is 1. The third kappa shape index (κ3) is 3.81. The SMILES string of the molecule is CNC(=O)c1ccc(N2CCN(Cc3ccc4c([nH]c(=O)c5c(C)cnn54)c3F)CC2)c(C2CC2)n1. The predicted octanol–water partition coefficient (Wildman–Crippen LogP) is 2.58. The Balaban J connectivity index is 1.20. The van der Waals surface area contributed by atoms with Crippen LogP contribution in [0.4, 0.5) is 10.1 Å². The molecule has 0 radical (unpaired) electrons. The normalized spacial score (nSPS) is 16.7. The van der Waals surface area contributed by atoms with Gasteiger partial charge < -0.3 is 15.2 Å². The van der Waals surface area contributed by atoms with Gasteiger partial charge in [-0.25, -0.2) is 13.9 Å².